The van der Waals surface area contributed by atoms with E-state index in [1.54, 1.807) is 30.3 Å². The van der Waals surface area contributed by atoms with Gasteiger partial charge < -0.3 is 14.2 Å². The molecule has 0 bridgehead atoms. The summed E-state index contributed by atoms with van der Waals surface area (Å²) in [7, 11) is 4.15. The van der Waals surface area contributed by atoms with Crippen LogP contribution >= 0.6 is 9.12 Å². The SMILES string of the molecule is CCCCCCCCCCCCOC(=O)C(C(=O)c1c(OC)cccc1OC)c1ccccc1.O=[PH2+]. The van der Waals surface area contributed by atoms with Gasteiger partial charge in [0, 0.05) is 0 Å². The second-order valence-electron chi connectivity index (χ2n) is 8.59. The minimum absolute atomic E-state index is 0.247. The van der Waals surface area contributed by atoms with Crippen LogP contribution in [0.25, 0.3) is 0 Å². The first-order valence-electron chi connectivity index (χ1n) is 12.8. The monoisotopic (exact) mass is 517 g/mol. The largest absolute Gasteiger partial charge is 0.496 e. The summed E-state index contributed by atoms with van der Waals surface area (Å²) in [6.45, 7) is 2.55. The Kier molecular flexibility index (Phi) is 16.9. The van der Waals surface area contributed by atoms with Crippen LogP contribution in [0.4, 0.5) is 0 Å². The molecule has 0 N–H and O–H groups in total. The van der Waals surface area contributed by atoms with Gasteiger partial charge in [0.15, 0.2) is 5.78 Å². The number of esters is 1. The van der Waals surface area contributed by atoms with Gasteiger partial charge in [0.05, 0.1) is 20.8 Å². The molecule has 2 atom stereocenters. The number of ether oxygens (including phenoxy) is 3. The molecule has 0 radical (unpaired) electrons. The minimum atomic E-state index is -1.07. The molecule has 2 rings (SSSR count). The molecule has 2 unspecified atom stereocenters. The Bertz CT molecular complexity index is 864. The van der Waals surface area contributed by atoms with Crippen molar-refractivity contribution in [3.8, 4) is 11.5 Å². The average molecular weight is 518 g/mol. The zero-order valence-electron chi connectivity index (χ0n) is 22.0. The van der Waals surface area contributed by atoms with Crippen LogP contribution in [0.5, 0.6) is 11.5 Å². The maximum atomic E-state index is 13.6. The summed E-state index contributed by atoms with van der Waals surface area (Å²) >= 11 is 0. The van der Waals surface area contributed by atoms with Crippen LogP contribution in [0.15, 0.2) is 48.5 Å². The topological polar surface area (TPSA) is 78.9 Å². The molecule has 0 heterocycles. The summed E-state index contributed by atoms with van der Waals surface area (Å²) in [5.41, 5.74) is 0.839. The molecular formula is C29H42O6P+. The molecule has 2 aromatic carbocycles. The molecular weight excluding hydrogens is 475 g/mol. The third-order valence-corrected chi connectivity index (χ3v) is 6.05. The highest BCUT2D eigenvalue weighted by Gasteiger charge is 2.34. The van der Waals surface area contributed by atoms with Crippen LogP contribution in [-0.2, 0) is 14.1 Å². The van der Waals surface area contributed by atoms with Crippen LogP contribution in [-0.4, -0.2) is 32.6 Å². The van der Waals surface area contributed by atoms with E-state index in [-0.39, 0.29) is 5.56 Å². The quantitative estimate of drug-likeness (QED) is 0.0718. The highest BCUT2D eigenvalue weighted by molar-refractivity contribution is 7.00. The first-order chi connectivity index (χ1) is 17.6. The van der Waals surface area contributed by atoms with Crippen LogP contribution in [0.2, 0.25) is 0 Å². The second-order valence-corrected chi connectivity index (χ2v) is 8.59. The number of methoxy groups -OCH3 is 2. The predicted octanol–water partition coefficient (Wildman–Crippen LogP) is 7.34. The number of ketones is 1. The molecule has 0 aliphatic heterocycles. The van der Waals surface area contributed by atoms with Gasteiger partial charge in [-0.15, -0.1) is 0 Å². The van der Waals surface area contributed by atoms with Gasteiger partial charge >= 0.3 is 15.1 Å². The van der Waals surface area contributed by atoms with Gasteiger partial charge in [-0.3, -0.25) is 9.59 Å². The maximum absolute atomic E-state index is 13.6. The lowest BCUT2D eigenvalue weighted by molar-refractivity contribution is -0.144. The van der Waals surface area contributed by atoms with E-state index < -0.39 is 17.7 Å². The van der Waals surface area contributed by atoms with Crippen LogP contribution in [0.3, 0.4) is 0 Å². The zero-order chi connectivity index (χ0) is 26.6. The molecule has 0 fully saturated rings. The normalized spacial score (nSPS) is 11.1. The van der Waals surface area contributed by atoms with E-state index in [9.17, 15) is 9.59 Å². The fraction of sp³-hybridized carbons (Fsp3) is 0.517. The van der Waals surface area contributed by atoms with Gasteiger partial charge in [-0.25, -0.2) is 0 Å². The number of hydrogen-bond donors (Lipinski definition) is 0. The summed E-state index contributed by atoms with van der Waals surface area (Å²) in [5, 5.41) is 0. The molecule has 0 aromatic heterocycles. The van der Waals surface area contributed by atoms with Crippen LogP contribution in [0.1, 0.15) is 93.0 Å². The highest BCUT2D eigenvalue weighted by atomic mass is 31.0. The summed E-state index contributed by atoms with van der Waals surface area (Å²) in [6.07, 6.45) is 12.1. The van der Waals surface area contributed by atoms with Gasteiger partial charge in [-0.05, 0) is 24.1 Å². The first-order valence-corrected chi connectivity index (χ1v) is 13.3. The lowest BCUT2D eigenvalue weighted by Crippen LogP contribution is -2.25. The van der Waals surface area contributed by atoms with E-state index in [0.29, 0.717) is 23.7 Å². The Morgan fingerprint density at radius 1 is 0.722 bits per heavy atom. The van der Waals surface area contributed by atoms with Crippen molar-refractivity contribution in [1.29, 1.82) is 0 Å². The van der Waals surface area contributed by atoms with Crippen molar-refractivity contribution in [2.24, 2.45) is 0 Å². The standard InChI is InChI=1S/C29H40O5.H2OP/c1-4-5-6-7-8-9-10-11-12-16-22-34-29(31)26(23-18-14-13-15-19-23)28(30)27-24(32-2)20-17-21-25(27)33-3;1-2/h13-15,17-21,26H,4-12,16,22H2,1-3H3;2H2/q;+1. The predicted molar refractivity (Wildman–Crippen MR) is 146 cm³/mol. The minimum Gasteiger partial charge on any atom is -0.496 e. The van der Waals surface area contributed by atoms with Gasteiger partial charge in [0.25, 0.3) is 0 Å². The molecule has 198 valence electrons. The van der Waals surface area contributed by atoms with Crippen molar-refractivity contribution in [1.82, 2.24) is 0 Å². The Morgan fingerprint density at radius 2 is 1.22 bits per heavy atom. The fourth-order valence-corrected chi connectivity index (χ4v) is 4.12. The number of unbranched alkanes of at least 4 members (excludes halogenated alkanes) is 9. The molecule has 0 aliphatic carbocycles. The number of hydrogen-bond acceptors (Lipinski definition) is 6. The zero-order valence-corrected chi connectivity index (χ0v) is 23.2. The Hall–Kier alpha value is -2.72. The van der Waals surface area contributed by atoms with Gasteiger partial charge in [-0.2, -0.15) is 0 Å². The summed E-state index contributed by atoms with van der Waals surface area (Å²) in [5.74, 6) is -1.27. The van der Waals surface area contributed by atoms with Crippen molar-refractivity contribution < 1.29 is 28.4 Å². The molecule has 0 spiro atoms. The fourth-order valence-electron chi connectivity index (χ4n) is 4.12. The number of Topliss-reactive ketones (excluding diaryl/α,β-unsaturated/α-hetero) is 1. The summed E-state index contributed by atoms with van der Waals surface area (Å²) in [6, 6.07) is 14.1. The van der Waals surface area contributed by atoms with Crippen molar-refractivity contribution in [3.63, 3.8) is 0 Å². The van der Waals surface area contributed by atoms with Crippen molar-refractivity contribution in [2.45, 2.75) is 77.0 Å². The van der Waals surface area contributed by atoms with E-state index in [1.165, 1.54) is 68.3 Å². The van der Waals surface area contributed by atoms with Gasteiger partial charge in [0.1, 0.15) is 23.0 Å². The molecule has 0 aliphatic rings. The van der Waals surface area contributed by atoms with E-state index in [4.69, 9.17) is 18.8 Å². The maximum Gasteiger partial charge on any atom is 0.321 e. The molecule has 7 heteroatoms. The molecule has 6 nitrogen and oxygen atoms in total. The summed E-state index contributed by atoms with van der Waals surface area (Å²) < 4.78 is 24.5. The third-order valence-electron chi connectivity index (χ3n) is 6.05. The number of benzene rings is 2. The van der Waals surface area contributed by atoms with Crippen LogP contribution < -0.4 is 9.47 Å². The number of rotatable bonds is 17. The van der Waals surface area contributed by atoms with E-state index in [0.717, 1.165) is 19.3 Å². The Morgan fingerprint density at radius 3 is 1.72 bits per heavy atom. The van der Waals surface area contributed by atoms with E-state index >= 15 is 0 Å². The smallest absolute Gasteiger partial charge is 0.321 e. The lowest BCUT2D eigenvalue weighted by Gasteiger charge is -2.19. The summed E-state index contributed by atoms with van der Waals surface area (Å²) in [4.78, 5) is 26.7. The van der Waals surface area contributed by atoms with Gasteiger partial charge in [0.2, 0.25) is 0 Å². The number of carbonyl (C=O) groups is 2. The van der Waals surface area contributed by atoms with Crippen molar-refractivity contribution in [2.75, 3.05) is 20.8 Å². The number of carbonyl (C=O) groups excluding carboxylic acids is 2. The average Bonchev–Trinajstić information content (AvgIpc) is 2.93. The molecule has 0 saturated carbocycles. The first kappa shape index (κ1) is 31.3. The van der Waals surface area contributed by atoms with Crippen LogP contribution in [0, 0.1) is 0 Å². The molecule has 2 aromatic rings. The second kappa shape index (κ2) is 19.5. The highest BCUT2D eigenvalue weighted by Crippen LogP contribution is 2.34. The van der Waals surface area contributed by atoms with Crippen molar-refractivity contribution in [3.05, 3.63) is 59.7 Å². The molecule has 0 saturated heterocycles. The molecule has 36 heavy (non-hydrogen) atoms. The van der Waals surface area contributed by atoms with E-state index in [1.807, 2.05) is 18.2 Å². The van der Waals surface area contributed by atoms with Gasteiger partial charge in [-0.1, -0.05) is 106 Å². The lowest BCUT2D eigenvalue weighted by atomic mass is 9.89. The molecule has 0 amide bonds. The Labute approximate surface area is 218 Å². The van der Waals surface area contributed by atoms with Crippen molar-refractivity contribution >= 4 is 20.9 Å². The van der Waals surface area contributed by atoms with E-state index in [2.05, 4.69) is 6.92 Å². The third kappa shape index (κ3) is 10.5. The Balaban J connectivity index is 0.00000316.